The second-order valence-electron chi connectivity index (χ2n) is 7.59. The van der Waals surface area contributed by atoms with Crippen molar-refractivity contribution < 1.29 is 14.3 Å². The predicted octanol–water partition coefficient (Wildman–Crippen LogP) is 4.75. The van der Waals surface area contributed by atoms with E-state index in [1.807, 2.05) is 26.8 Å². The van der Waals surface area contributed by atoms with E-state index in [0.717, 1.165) is 12.8 Å². The molecule has 0 amide bonds. The Morgan fingerprint density at radius 3 is 2.35 bits per heavy atom. The first-order valence-corrected chi connectivity index (χ1v) is 8.48. The minimum atomic E-state index is -0.332. The Hall–Kier alpha value is -1.90. The summed E-state index contributed by atoms with van der Waals surface area (Å²) in [5.41, 5.74) is 1.22. The number of rotatable bonds is 2. The molecule has 1 saturated carbocycles. The summed E-state index contributed by atoms with van der Waals surface area (Å²) in [6.07, 6.45) is 7.54. The topological polar surface area (TPSA) is 43.4 Å². The second kappa shape index (κ2) is 5.95. The lowest BCUT2D eigenvalue weighted by Gasteiger charge is -2.26. The van der Waals surface area contributed by atoms with E-state index in [0.29, 0.717) is 22.4 Å². The molecule has 0 atom stereocenters. The maximum absolute atomic E-state index is 12.6. The van der Waals surface area contributed by atoms with Gasteiger partial charge in [0, 0.05) is 16.7 Å². The highest BCUT2D eigenvalue weighted by Gasteiger charge is 2.32. The molecular weight excluding hydrogens is 288 g/mol. The van der Waals surface area contributed by atoms with Crippen molar-refractivity contribution in [3.05, 3.63) is 41.0 Å². The van der Waals surface area contributed by atoms with Gasteiger partial charge < -0.3 is 4.74 Å². The number of Topliss-reactive ketones (excluding diaryl/α,β-unsaturated/α-hetero) is 1. The number of ketones is 2. The Kier molecular flexibility index (Phi) is 4.13. The van der Waals surface area contributed by atoms with Gasteiger partial charge in [-0.25, -0.2) is 0 Å². The molecule has 3 heteroatoms. The molecule has 3 rings (SSSR count). The molecule has 122 valence electrons. The Balaban J connectivity index is 1.87. The lowest BCUT2D eigenvalue weighted by molar-refractivity contribution is 0.0966. The quantitative estimate of drug-likeness (QED) is 0.791. The Bertz CT molecular complexity index is 671. The van der Waals surface area contributed by atoms with Crippen LogP contribution >= 0.6 is 0 Å². The summed E-state index contributed by atoms with van der Waals surface area (Å²) in [6, 6.07) is 5.30. The lowest BCUT2D eigenvalue weighted by Crippen LogP contribution is -2.25. The van der Waals surface area contributed by atoms with Gasteiger partial charge in [-0.1, -0.05) is 27.2 Å². The number of hydrogen-bond donors (Lipinski definition) is 0. The molecule has 2 aliphatic carbocycles. The van der Waals surface area contributed by atoms with Crippen molar-refractivity contribution in [3.63, 3.8) is 0 Å². The van der Waals surface area contributed by atoms with Crippen molar-refractivity contribution in [2.75, 3.05) is 0 Å². The molecular formula is C20H24O3. The molecule has 1 aromatic carbocycles. The van der Waals surface area contributed by atoms with E-state index in [-0.39, 0.29) is 23.1 Å². The van der Waals surface area contributed by atoms with Crippen molar-refractivity contribution >= 4 is 11.6 Å². The predicted molar refractivity (Wildman–Crippen MR) is 90.1 cm³/mol. The summed E-state index contributed by atoms with van der Waals surface area (Å²) in [7, 11) is 0. The van der Waals surface area contributed by atoms with Crippen molar-refractivity contribution in [2.45, 2.75) is 59.0 Å². The standard InChI is InChI=1S/C20H24O3/c1-20(2,3)17-12-18(21)16-11-14(9-10-15(16)19(17)22)23-13-7-5-4-6-8-13/h9-13H,4-8H2,1-3H3. The molecule has 3 nitrogen and oxygen atoms in total. The van der Waals surface area contributed by atoms with Gasteiger partial charge in [-0.15, -0.1) is 0 Å². The van der Waals surface area contributed by atoms with Crippen LogP contribution in [0, 0.1) is 5.41 Å². The third-order valence-corrected chi connectivity index (χ3v) is 4.68. The molecule has 0 saturated heterocycles. The Morgan fingerprint density at radius 2 is 1.70 bits per heavy atom. The van der Waals surface area contributed by atoms with E-state index in [1.165, 1.54) is 25.3 Å². The normalized spacial score (nSPS) is 19.3. The molecule has 23 heavy (non-hydrogen) atoms. The highest BCUT2D eigenvalue weighted by molar-refractivity contribution is 6.25. The van der Waals surface area contributed by atoms with Gasteiger partial charge in [0.2, 0.25) is 0 Å². The van der Waals surface area contributed by atoms with E-state index in [9.17, 15) is 9.59 Å². The van der Waals surface area contributed by atoms with Gasteiger partial charge in [0.1, 0.15) is 5.75 Å². The monoisotopic (exact) mass is 312 g/mol. The van der Waals surface area contributed by atoms with Crippen LogP contribution in [0.25, 0.3) is 0 Å². The number of carbonyl (C=O) groups excluding carboxylic acids is 2. The van der Waals surface area contributed by atoms with Gasteiger partial charge in [0.05, 0.1) is 6.10 Å². The van der Waals surface area contributed by atoms with Crippen LogP contribution in [0.1, 0.15) is 73.6 Å². The van der Waals surface area contributed by atoms with Crippen LogP contribution in [0.5, 0.6) is 5.75 Å². The van der Waals surface area contributed by atoms with Gasteiger partial charge in [-0.05, 0) is 55.4 Å². The van der Waals surface area contributed by atoms with Crippen LogP contribution in [-0.2, 0) is 0 Å². The molecule has 2 aliphatic rings. The van der Waals surface area contributed by atoms with Crippen LogP contribution in [-0.4, -0.2) is 17.7 Å². The fourth-order valence-corrected chi connectivity index (χ4v) is 3.35. The second-order valence-corrected chi connectivity index (χ2v) is 7.59. The molecule has 0 N–H and O–H groups in total. The Labute approximate surface area is 137 Å². The van der Waals surface area contributed by atoms with E-state index in [2.05, 4.69) is 0 Å². The highest BCUT2D eigenvalue weighted by atomic mass is 16.5. The van der Waals surface area contributed by atoms with E-state index in [4.69, 9.17) is 4.74 Å². The molecule has 0 heterocycles. The van der Waals surface area contributed by atoms with Gasteiger partial charge in [0.15, 0.2) is 11.6 Å². The summed E-state index contributed by atoms with van der Waals surface area (Å²) in [5.74, 6) is 0.555. The Morgan fingerprint density at radius 1 is 1.00 bits per heavy atom. The molecule has 0 aromatic heterocycles. The highest BCUT2D eigenvalue weighted by Crippen LogP contribution is 2.34. The van der Waals surface area contributed by atoms with Gasteiger partial charge >= 0.3 is 0 Å². The van der Waals surface area contributed by atoms with E-state index >= 15 is 0 Å². The SMILES string of the molecule is CC(C)(C)C1=CC(=O)c2cc(OC3CCCCC3)ccc2C1=O. The average Bonchev–Trinajstić information content (AvgIpc) is 2.51. The molecule has 0 bridgehead atoms. The summed E-state index contributed by atoms with van der Waals surface area (Å²) < 4.78 is 6.01. The summed E-state index contributed by atoms with van der Waals surface area (Å²) in [4.78, 5) is 25.1. The van der Waals surface area contributed by atoms with Crippen LogP contribution in [0.15, 0.2) is 29.8 Å². The lowest BCUT2D eigenvalue weighted by atomic mass is 9.77. The number of benzene rings is 1. The summed E-state index contributed by atoms with van der Waals surface area (Å²) >= 11 is 0. The molecule has 0 unspecified atom stereocenters. The first-order chi connectivity index (χ1) is 10.9. The number of carbonyl (C=O) groups is 2. The average molecular weight is 312 g/mol. The minimum Gasteiger partial charge on any atom is -0.490 e. The van der Waals surface area contributed by atoms with Crippen LogP contribution in [0.4, 0.5) is 0 Å². The fourth-order valence-electron chi connectivity index (χ4n) is 3.35. The third kappa shape index (κ3) is 3.24. The molecule has 0 aliphatic heterocycles. The number of ether oxygens (including phenoxy) is 1. The van der Waals surface area contributed by atoms with Crippen LogP contribution in [0.3, 0.4) is 0 Å². The summed E-state index contributed by atoms with van der Waals surface area (Å²) in [6.45, 7) is 5.86. The zero-order valence-electron chi connectivity index (χ0n) is 14.1. The van der Waals surface area contributed by atoms with Gasteiger partial charge in [-0.3, -0.25) is 9.59 Å². The maximum atomic E-state index is 12.6. The van der Waals surface area contributed by atoms with Gasteiger partial charge in [0.25, 0.3) is 0 Å². The number of hydrogen-bond acceptors (Lipinski definition) is 3. The van der Waals surface area contributed by atoms with Gasteiger partial charge in [-0.2, -0.15) is 0 Å². The molecule has 0 radical (unpaired) electrons. The molecule has 1 aromatic rings. The zero-order valence-corrected chi connectivity index (χ0v) is 14.1. The summed E-state index contributed by atoms with van der Waals surface area (Å²) in [5, 5.41) is 0. The van der Waals surface area contributed by atoms with E-state index < -0.39 is 0 Å². The third-order valence-electron chi connectivity index (χ3n) is 4.68. The number of fused-ring (bicyclic) bond motifs is 1. The first kappa shape index (κ1) is 16.0. The van der Waals surface area contributed by atoms with Crippen LogP contribution in [0.2, 0.25) is 0 Å². The van der Waals surface area contributed by atoms with Crippen molar-refractivity contribution in [1.29, 1.82) is 0 Å². The van der Waals surface area contributed by atoms with Crippen molar-refractivity contribution in [2.24, 2.45) is 5.41 Å². The largest absolute Gasteiger partial charge is 0.490 e. The van der Waals surface area contributed by atoms with Crippen LogP contribution < -0.4 is 4.74 Å². The van der Waals surface area contributed by atoms with E-state index in [1.54, 1.807) is 12.1 Å². The number of allylic oxidation sites excluding steroid dienone is 2. The first-order valence-electron chi connectivity index (χ1n) is 8.48. The van der Waals surface area contributed by atoms with Crippen molar-refractivity contribution in [1.82, 2.24) is 0 Å². The smallest absolute Gasteiger partial charge is 0.190 e. The zero-order chi connectivity index (χ0) is 16.6. The van der Waals surface area contributed by atoms with Crippen molar-refractivity contribution in [3.8, 4) is 5.75 Å². The molecule has 1 fully saturated rings. The molecule has 0 spiro atoms. The minimum absolute atomic E-state index is 0.0451. The maximum Gasteiger partial charge on any atom is 0.190 e. The fraction of sp³-hybridized carbons (Fsp3) is 0.500.